The molecule has 1 saturated heterocycles. The van der Waals surface area contributed by atoms with Crippen LogP contribution in [0.1, 0.15) is 36.8 Å². The third kappa shape index (κ3) is 4.61. The minimum absolute atomic E-state index is 0.209. The van der Waals surface area contributed by atoms with Gasteiger partial charge >= 0.3 is 0 Å². The van der Waals surface area contributed by atoms with Gasteiger partial charge < -0.3 is 10.6 Å². The van der Waals surface area contributed by atoms with Gasteiger partial charge in [-0.15, -0.1) is 0 Å². The summed E-state index contributed by atoms with van der Waals surface area (Å²) in [7, 11) is 0. The number of benzene rings is 1. The molecule has 134 valence electrons. The van der Waals surface area contributed by atoms with E-state index in [1.54, 1.807) is 17.3 Å². The third-order valence-corrected chi connectivity index (χ3v) is 5.28. The lowest BCUT2D eigenvalue weighted by molar-refractivity contribution is 0.500. The second-order valence-corrected chi connectivity index (χ2v) is 7.08. The summed E-state index contributed by atoms with van der Waals surface area (Å²) in [5, 5.41) is 6.25. The third-order valence-electron chi connectivity index (χ3n) is 4.92. The van der Waals surface area contributed by atoms with Crippen LogP contribution in [0.4, 0.5) is 5.69 Å². The number of aromatic nitrogens is 2. The van der Waals surface area contributed by atoms with Gasteiger partial charge in [0.15, 0.2) is 0 Å². The van der Waals surface area contributed by atoms with E-state index in [9.17, 15) is 4.79 Å². The summed E-state index contributed by atoms with van der Waals surface area (Å²) in [6.07, 6.45) is 8.80. The number of hydrogen-bond donors (Lipinski definition) is 2. The Morgan fingerprint density at radius 2 is 1.72 bits per heavy atom. The van der Waals surface area contributed by atoms with Crippen LogP contribution in [0.2, 0.25) is 5.02 Å². The number of halogens is 1. The topological polar surface area (TPSA) is 75.0 Å². The van der Waals surface area contributed by atoms with E-state index in [0.29, 0.717) is 5.69 Å². The first-order valence-corrected chi connectivity index (χ1v) is 9.33. The Bertz CT molecular complexity index is 728. The molecule has 25 heavy (non-hydrogen) atoms. The van der Waals surface area contributed by atoms with Crippen molar-refractivity contribution in [2.75, 3.05) is 18.0 Å². The number of aromatic amines is 1. The number of hydrogen-bond acceptors (Lipinski definition) is 4. The number of nitrogens with one attached hydrogen (secondary N) is 1. The van der Waals surface area contributed by atoms with Crippen molar-refractivity contribution in [3.05, 3.63) is 57.0 Å². The molecule has 0 amide bonds. The Hall–Kier alpha value is -1.85. The zero-order valence-corrected chi connectivity index (χ0v) is 15.1. The highest BCUT2D eigenvalue weighted by Crippen LogP contribution is 2.23. The van der Waals surface area contributed by atoms with Crippen molar-refractivity contribution in [3.63, 3.8) is 0 Å². The number of fused-ring (bicyclic) bond motifs is 1. The van der Waals surface area contributed by atoms with Gasteiger partial charge in [0.2, 0.25) is 0 Å². The molecule has 2 heterocycles. The second kappa shape index (κ2) is 8.50. The normalized spacial score (nSPS) is 17.4. The molecule has 0 atom stereocenters. The number of rotatable bonds is 1. The Morgan fingerprint density at radius 1 is 1.12 bits per heavy atom. The fourth-order valence-electron chi connectivity index (χ4n) is 3.41. The van der Waals surface area contributed by atoms with E-state index in [4.69, 9.17) is 17.3 Å². The van der Waals surface area contributed by atoms with E-state index in [-0.39, 0.29) is 16.6 Å². The van der Waals surface area contributed by atoms with Gasteiger partial charge in [-0.25, -0.2) is 5.10 Å². The van der Waals surface area contributed by atoms with Gasteiger partial charge in [-0.05, 0) is 49.7 Å². The second-order valence-electron chi connectivity index (χ2n) is 6.70. The summed E-state index contributed by atoms with van der Waals surface area (Å²) in [6, 6.07) is 9.06. The van der Waals surface area contributed by atoms with Gasteiger partial charge in [0.25, 0.3) is 5.56 Å². The molecule has 2 aromatic rings. The Labute approximate surface area is 153 Å². The van der Waals surface area contributed by atoms with Crippen LogP contribution in [0.25, 0.3) is 0 Å². The summed E-state index contributed by atoms with van der Waals surface area (Å²) >= 11 is 5.91. The molecule has 3 N–H and O–H groups in total. The van der Waals surface area contributed by atoms with E-state index in [2.05, 4.69) is 34.5 Å². The number of aryl methyl sites for hydroxylation is 2. The van der Waals surface area contributed by atoms with Gasteiger partial charge in [0.05, 0.1) is 11.9 Å². The fraction of sp³-hybridized carbons (Fsp3) is 0.474. The molecule has 0 bridgehead atoms. The van der Waals surface area contributed by atoms with Crippen molar-refractivity contribution in [1.29, 1.82) is 0 Å². The zero-order valence-electron chi connectivity index (χ0n) is 14.4. The smallest absolute Gasteiger partial charge is 0.285 e. The quantitative estimate of drug-likeness (QED) is 0.819. The number of nitrogens with zero attached hydrogens (tertiary/aromatic N) is 2. The Kier molecular flexibility index (Phi) is 6.10. The molecule has 1 aliphatic heterocycles. The summed E-state index contributed by atoms with van der Waals surface area (Å²) in [4.78, 5) is 13.3. The van der Waals surface area contributed by atoms with Crippen LogP contribution in [-0.2, 0) is 12.8 Å². The summed E-state index contributed by atoms with van der Waals surface area (Å²) in [5.41, 5.74) is 9.31. The van der Waals surface area contributed by atoms with E-state index < -0.39 is 0 Å². The maximum atomic E-state index is 11.2. The summed E-state index contributed by atoms with van der Waals surface area (Å²) < 4.78 is 0. The SMILES string of the molecule is NC1CCN(c2cn[nH]c(=O)c2Cl)CC1.c1ccc2c(c1)CCCC2. The van der Waals surface area contributed by atoms with Crippen LogP contribution in [0.5, 0.6) is 0 Å². The predicted octanol–water partition coefficient (Wildman–Crippen LogP) is 2.92. The van der Waals surface area contributed by atoms with Crippen LogP contribution in [0.3, 0.4) is 0 Å². The monoisotopic (exact) mass is 360 g/mol. The van der Waals surface area contributed by atoms with Gasteiger partial charge in [0.1, 0.15) is 5.02 Å². The molecule has 1 aromatic heterocycles. The molecule has 0 unspecified atom stereocenters. The van der Waals surface area contributed by atoms with Crippen molar-refractivity contribution < 1.29 is 0 Å². The molecular weight excluding hydrogens is 336 g/mol. The van der Waals surface area contributed by atoms with Gasteiger partial charge in [-0.1, -0.05) is 35.9 Å². The highest BCUT2D eigenvalue weighted by molar-refractivity contribution is 6.32. The maximum Gasteiger partial charge on any atom is 0.285 e. The molecular formula is C19H25ClN4O. The Morgan fingerprint density at radius 3 is 2.32 bits per heavy atom. The molecule has 4 rings (SSSR count). The molecule has 1 fully saturated rings. The first-order chi connectivity index (χ1) is 12.1. The van der Waals surface area contributed by atoms with E-state index in [0.717, 1.165) is 25.9 Å². The lowest BCUT2D eigenvalue weighted by Crippen LogP contribution is -2.40. The standard InChI is InChI=1S/C10H12.C9H13ClN4O/c1-2-6-10-8-4-3-7-9(10)5-1;10-8-7(5-12-13-9(8)15)14-3-1-6(11)2-4-14/h1-2,5-6H,3-4,7-8H2;5-6H,1-4,11H2,(H,13,15). The van der Waals surface area contributed by atoms with Crippen LogP contribution in [-0.4, -0.2) is 29.3 Å². The van der Waals surface area contributed by atoms with Crippen molar-refractivity contribution in [2.45, 2.75) is 44.6 Å². The molecule has 1 aromatic carbocycles. The molecule has 0 saturated carbocycles. The van der Waals surface area contributed by atoms with E-state index in [1.807, 2.05) is 4.90 Å². The molecule has 6 heteroatoms. The van der Waals surface area contributed by atoms with Gasteiger partial charge in [-0.2, -0.15) is 5.10 Å². The van der Waals surface area contributed by atoms with Crippen LogP contribution in [0.15, 0.2) is 35.3 Å². The zero-order chi connectivity index (χ0) is 17.6. The minimum atomic E-state index is -0.343. The average Bonchev–Trinajstić information content (AvgIpc) is 2.65. The molecule has 1 aliphatic carbocycles. The van der Waals surface area contributed by atoms with Crippen molar-refractivity contribution in [3.8, 4) is 0 Å². The highest BCUT2D eigenvalue weighted by atomic mass is 35.5. The lowest BCUT2D eigenvalue weighted by Gasteiger charge is -2.31. The summed E-state index contributed by atoms with van der Waals surface area (Å²) in [6.45, 7) is 1.65. The van der Waals surface area contributed by atoms with Crippen LogP contribution >= 0.6 is 11.6 Å². The summed E-state index contributed by atoms with van der Waals surface area (Å²) in [5.74, 6) is 0. The first kappa shape index (κ1) is 18.0. The molecule has 0 spiro atoms. The number of anilines is 1. The first-order valence-electron chi connectivity index (χ1n) is 8.95. The van der Waals surface area contributed by atoms with Gasteiger partial charge in [-0.3, -0.25) is 4.79 Å². The number of nitrogens with two attached hydrogens (primary N) is 1. The van der Waals surface area contributed by atoms with E-state index in [1.165, 1.54) is 25.7 Å². The molecule has 2 aliphatic rings. The van der Waals surface area contributed by atoms with Gasteiger partial charge in [0, 0.05) is 19.1 Å². The van der Waals surface area contributed by atoms with Crippen molar-refractivity contribution in [2.24, 2.45) is 5.73 Å². The minimum Gasteiger partial charge on any atom is -0.369 e. The lowest BCUT2D eigenvalue weighted by atomic mass is 9.92. The Balaban J connectivity index is 0.000000157. The van der Waals surface area contributed by atoms with Crippen LogP contribution in [0, 0.1) is 0 Å². The number of piperidine rings is 1. The number of H-pyrrole nitrogens is 1. The largest absolute Gasteiger partial charge is 0.369 e. The van der Waals surface area contributed by atoms with Crippen LogP contribution < -0.4 is 16.2 Å². The van der Waals surface area contributed by atoms with Crippen molar-refractivity contribution in [1.82, 2.24) is 10.2 Å². The predicted molar refractivity (Wildman–Crippen MR) is 102 cm³/mol. The molecule has 5 nitrogen and oxygen atoms in total. The van der Waals surface area contributed by atoms with Crippen molar-refractivity contribution >= 4 is 17.3 Å². The highest BCUT2D eigenvalue weighted by Gasteiger charge is 2.19. The maximum absolute atomic E-state index is 11.2. The molecule has 0 radical (unpaired) electrons. The average molecular weight is 361 g/mol. The van der Waals surface area contributed by atoms with E-state index >= 15 is 0 Å². The fourth-order valence-corrected chi connectivity index (χ4v) is 3.62.